The first kappa shape index (κ1) is 8.69. The summed E-state index contributed by atoms with van der Waals surface area (Å²) in [6.45, 7) is 0. The van der Waals surface area contributed by atoms with E-state index in [-0.39, 0.29) is 5.75 Å². The minimum absolute atomic E-state index is 0.116. The van der Waals surface area contributed by atoms with Crippen LogP contribution in [0.5, 0.6) is 5.75 Å². The van der Waals surface area contributed by atoms with E-state index in [2.05, 4.69) is 4.98 Å². The fraction of sp³-hybridized carbons (Fsp3) is 0. The van der Waals surface area contributed by atoms with Gasteiger partial charge in [-0.25, -0.2) is 4.98 Å². The van der Waals surface area contributed by atoms with Gasteiger partial charge in [0.1, 0.15) is 5.75 Å². The Morgan fingerprint density at radius 3 is 2.71 bits per heavy atom. The van der Waals surface area contributed by atoms with E-state index in [4.69, 9.17) is 0 Å². The molecule has 0 atom stereocenters. The molecule has 0 bridgehead atoms. The highest BCUT2D eigenvalue weighted by molar-refractivity contribution is 5.64. The first-order valence-electron chi connectivity index (χ1n) is 4.17. The van der Waals surface area contributed by atoms with Crippen LogP contribution in [0.1, 0.15) is 0 Å². The number of benzene rings is 1. The van der Waals surface area contributed by atoms with E-state index < -0.39 is 5.95 Å². The standard InChI is InChI=1S/C11H8FNO/c12-11-10(5-2-6-13-11)8-3-1-4-9(14)7-8/h1-7,14H. The van der Waals surface area contributed by atoms with Crippen molar-refractivity contribution in [1.29, 1.82) is 0 Å². The molecule has 2 nitrogen and oxygen atoms in total. The lowest BCUT2D eigenvalue weighted by Gasteiger charge is -2.02. The number of hydrogen-bond donors (Lipinski definition) is 1. The molecule has 1 aromatic carbocycles. The molecule has 1 N–H and O–H groups in total. The Morgan fingerprint density at radius 1 is 1.14 bits per heavy atom. The molecular weight excluding hydrogens is 181 g/mol. The number of phenols is 1. The van der Waals surface area contributed by atoms with Crippen LogP contribution in [0.3, 0.4) is 0 Å². The monoisotopic (exact) mass is 189 g/mol. The predicted molar refractivity (Wildman–Crippen MR) is 51.3 cm³/mol. The lowest BCUT2D eigenvalue weighted by Crippen LogP contribution is -1.86. The van der Waals surface area contributed by atoms with Crippen molar-refractivity contribution in [3.8, 4) is 16.9 Å². The van der Waals surface area contributed by atoms with E-state index >= 15 is 0 Å². The van der Waals surface area contributed by atoms with Crippen LogP contribution in [0.15, 0.2) is 42.6 Å². The van der Waals surface area contributed by atoms with Crippen LogP contribution in [0.4, 0.5) is 4.39 Å². The Balaban J connectivity index is 2.55. The van der Waals surface area contributed by atoms with Crippen LogP contribution in [0.2, 0.25) is 0 Å². The van der Waals surface area contributed by atoms with Gasteiger partial charge < -0.3 is 5.11 Å². The maximum atomic E-state index is 13.2. The van der Waals surface area contributed by atoms with Crippen molar-refractivity contribution in [2.45, 2.75) is 0 Å². The normalized spacial score (nSPS) is 10.1. The van der Waals surface area contributed by atoms with Crippen LogP contribution < -0.4 is 0 Å². The predicted octanol–water partition coefficient (Wildman–Crippen LogP) is 2.59. The lowest BCUT2D eigenvalue weighted by molar-refractivity contribution is 0.475. The van der Waals surface area contributed by atoms with Crippen LogP contribution in [-0.4, -0.2) is 10.1 Å². The van der Waals surface area contributed by atoms with Gasteiger partial charge in [0.05, 0.1) is 0 Å². The van der Waals surface area contributed by atoms with Gasteiger partial charge in [-0.1, -0.05) is 12.1 Å². The number of hydrogen-bond acceptors (Lipinski definition) is 2. The minimum atomic E-state index is -0.530. The van der Waals surface area contributed by atoms with E-state index in [9.17, 15) is 9.50 Å². The molecule has 3 heteroatoms. The van der Waals surface area contributed by atoms with Gasteiger partial charge in [0.2, 0.25) is 5.95 Å². The van der Waals surface area contributed by atoms with E-state index in [1.54, 1.807) is 24.3 Å². The van der Waals surface area contributed by atoms with Crippen molar-refractivity contribution < 1.29 is 9.50 Å². The molecule has 0 radical (unpaired) electrons. The summed E-state index contributed by atoms with van der Waals surface area (Å²) in [6, 6.07) is 9.70. The zero-order chi connectivity index (χ0) is 9.97. The number of halogens is 1. The molecule has 0 aliphatic carbocycles. The average molecular weight is 189 g/mol. The summed E-state index contributed by atoms with van der Waals surface area (Å²) in [4.78, 5) is 3.54. The number of rotatable bonds is 1. The van der Waals surface area contributed by atoms with Crippen molar-refractivity contribution in [2.24, 2.45) is 0 Å². The maximum Gasteiger partial charge on any atom is 0.220 e. The first-order valence-corrected chi connectivity index (χ1v) is 4.17. The summed E-state index contributed by atoms with van der Waals surface area (Å²) in [5, 5.41) is 9.22. The van der Waals surface area contributed by atoms with Crippen molar-refractivity contribution >= 4 is 0 Å². The van der Waals surface area contributed by atoms with Crippen LogP contribution >= 0.6 is 0 Å². The van der Waals surface area contributed by atoms with Crippen molar-refractivity contribution in [3.05, 3.63) is 48.5 Å². The van der Waals surface area contributed by atoms with Gasteiger partial charge in [0.15, 0.2) is 0 Å². The maximum absolute atomic E-state index is 13.2. The highest BCUT2D eigenvalue weighted by atomic mass is 19.1. The zero-order valence-electron chi connectivity index (χ0n) is 7.31. The molecule has 2 rings (SSSR count). The van der Waals surface area contributed by atoms with Gasteiger partial charge in [0, 0.05) is 11.8 Å². The van der Waals surface area contributed by atoms with Gasteiger partial charge in [-0.15, -0.1) is 0 Å². The van der Waals surface area contributed by atoms with E-state index in [1.807, 2.05) is 0 Å². The van der Waals surface area contributed by atoms with Crippen molar-refractivity contribution in [1.82, 2.24) is 4.98 Å². The Labute approximate surface area is 80.7 Å². The average Bonchev–Trinajstić information content (AvgIpc) is 2.18. The second-order valence-corrected chi connectivity index (χ2v) is 2.89. The molecule has 14 heavy (non-hydrogen) atoms. The van der Waals surface area contributed by atoms with Crippen LogP contribution in [0.25, 0.3) is 11.1 Å². The molecule has 2 aromatic rings. The summed E-state index contributed by atoms with van der Waals surface area (Å²) in [5.74, 6) is -0.413. The Kier molecular flexibility index (Phi) is 2.14. The largest absolute Gasteiger partial charge is 0.508 e. The molecule has 0 spiro atoms. The van der Waals surface area contributed by atoms with Crippen molar-refractivity contribution in [3.63, 3.8) is 0 Å². The van der Waals surface area contributed by atoms with Gasteiger partial charge in [-0.3, -0.25) is 0 Å². The number of aromatic nitrogens is 1. The smallest absolute Gasteiger partial charge is 0.220 e. The molecule has 0 aliphatic rings. The number of pyridine rings is 1. The molecule has 0 saturated heterocycles. The Morgan fingerprint density at radius 2 is 2.00 bits per heavy atom. The molecule has 70 valence electrons. The third kappa shape index (κ3) is 1.57. The van der Waals surface area contributed by atoms with Gasteiger partial charge in [-0.05, 0) is 29.8 Å². The second-order valence-electron chi connectivity index (χ2n) is 2.89. The van der Waals surface area contributed by atoms with Crippen LogP contribution in [-0.2, 0) is 0 Å². The zero-order valence-corrected chi connectivity index (χ0v) is 7.31. The number of phenolic OH excluding ortho intramolecular Hbond substituents is 1. The third-order valence-electron chi connectivity index (χ3n) is 1.92. The third-order valence-corrected chi connectivity index (χ3v) is 1.92. The van der Waals surface area contributed by atoms with Crippen molar-refractivity contribution in [2.75, 3.05) is 0 Å². The molecular formula is C11H8FNO. The molecule has 1 aromatic heterocycles. The highest BCUT2D eigenvalue weighted by Crippen LogP contribution is 2.24. The summed E-state index contributed by atoms with van der Waals surface area (Å²) >= 11 is 0. The van der Waals surface area contributed by atoms with Gasteiger partial charge >= 0.3 is 0 Å². The summed E-state index contributed by atoms with van der Waals surface area (Å²) in [7, 11) is 0. The molecule has 1 heterocycles. The quantitative estimate of drug-likeness (QED) is 0.699. The van der Waals surface area contributed by atoms with Gasteiger partial charge in [0.25, 0.3) is 0 Å². The van der Waals surface area contributed by atoms with E-state index in [0.717, 1.165) is 0 Å². The number of nitrogens with zero attached hydrogens (tertiary/aromatic N) is 1. The van der Waals surface area contributed by atoms with Crippen LogP contribution in [0, 0.1) is 5.95 Å². The fourth-order valence-corrected chi connectivity index (χ4v) is 1.27. The summed E-state index contributed by atoms with van der Waals surface area (Å²) in [6.07, 6.45) is 1.39. The minimum Gasteiger partial charge on any atom is -0.508 e. The fourth-order valence-electron chi connectivity index (χ4n) is 1.27. The van der Waals surface area contributed by atoms with E-state index in [1.165, 1.54) is 18.3 Å². The van der Waals surface area contributed by atoms with Gasteiger partial charge in [-0.2, -0.15) is 4.39 Å². The van der Waals surface area contributed by atoms with E-state index in [0.29, 0.717) is 11.1 Å². The molecule has 0 unspecified atom stereocenters. The first-order chi connectivity index (χ1) is 6.77. The SMILES string of the molecule is Oc1cccc(-c2cccnc2F)c1. The molecule has 0 aliphatic heterocycles. The summed E-state index contributed by atoms with van der Waals surface area (Å²) in [5.41, 5.74) is 1.01. The molecule has 0 fully saturated rings. The topological polar surface area (TPSA) is 33.1 Å². The number of aromatic hydroxyl groups is 1. The molecule has 0 saturated carbocycles. The summed E-state index contributed by atoms with van der Waals surface area (Å²) < 4.78 is 13.2. The molecule has 0 amide bonds. The Hall–Kier alpha value is -1.90. The second kappa shape index (κ2) is 3.46. The Bertz CT molecular complexity index is 457. The highest BCUT2D eigenvalue weighted by Gasteiger charge is 2.04. The lowest BCUT2D eigenvalue weighted by atomic mass is 10.1.